The minimum absolute atomic E-state index is 0.0622. The van der Waals surface area contributed by atoms with Crippen molar-refractivity contribution in [2.75, 3.05) is 18.4 Å². The van der Waals surface area contributed by atoms with Gasteiger partial charge in [-0.3, -0.25) is 9.59 Å². The van der Waals surface area contributed by atoms with Crippen LogP contribution in [0.25, 0.3) is 0 Å². The van der Waals surface area contributed by atoms with E-state index in [9.17, 15) is 18.0 Å². The monoisotopic (exact) mass is 551 g/mol. The number of nitrogens with zero attached hydrogens (tertiary/aromatic N) is 1. The number of carbonyl (C=O) groups is 2. The van der Waals surface area contributed by atoms with Gasteiger partial charge in [-0.15, -0.1) is 0 Å². The molecule has 1 aliphatic heterocycles. The first kappa shape index (κ1) is 26.9. The Morgan fingerprint density at radius 3 is 2.33 bits per heavy atom. The van der Waals surface area contributed by atoms with Crippen molar-refractivity contribution >= 4 is 50.7 Å². The summed E-state index contributed by atoms with van der Waals surface area (Å²) < 4.78 is 27.6. The van der Waals surface area contributed by atoms with Gasteiger partial charge in [0.1, 0.15) is 0 Å². The van der Waals surface area contributed by atoms with E-state index in [1.54, 1.807) is 42.5 Å². The highest BCUT2D eigenvalue weighted by Gasteiger charge is 2.33. The summed E-state index contributed by atoms with van der Waals surface area (Å²) >= 11 is 12.4. The van der Waals surface area contributed by atoms with Crippen molar-refractivity contribution in [3.63, 3.8) is 0 Å². The highest BCUT2D eigenvalue weighted by Crippen LogP contribution is 2.29. The molecule has 0 unspecified atom stereocenters. The summed E-state index contributed by atoms with van der Waals surface area (Å²) in [6, 6.07) is 11.9. The lowest BCUT2D eigenvalue weighted by molar-refractivity contribution is -0.120. The number of amides is 2. The van der Waals surface area contributed by atoms with Crippen molar-refractivity contribution in [2.45, 2.75) is 56.7 Å². The average Bonchev–Trinajstić information content (AvgIpc) is 2.87. The van der Waals surface area contributed by atoms with E-state index in [-0.39, 0.29) is 30.2 Å². The van der Waals surface area contributed by atoms with Gasteiger partial charge in [-0.1, -0.05) is 60.7 Å². The maximum atomic E-state index is 13.2. The van der Waals surface area contributed by atoms with Crippen LogP contribution < -0.4 is 10.6 Å². The van der Waals surface area contributed by atoms with E-state index in [0.717, 1.165) is 25.7 Å². The summed E-state index contributed by atoms with van der Waals surface area (Å²) in [7, 11) is -3.74. The molecule has 1 saturated heterocycles. The molecule has 2 aromatic rings. The Hall–Kier alpha value is -2.13. The first-order chi connectivity index (χ1) is 17.2. The normalized spacial score (nSPS) is 19.6. The van der Waals surface area contributed by atoms with Crippen LogP contribution in [-0.2, 0) is 20.6 Å². The zero-order valence-corrected chi connectivity index (χ0v) is 22.3. The third-order valence-corrected chi connectivity index (χ3v) is 9.39. The Balaban J connectivity index is 1.42. The van der Waals surface area contributed by atoms with Crippen LogP contribution in [0.2, 0.25) is 10.0 Å². The fourth-order valence-corrected chi connectivity index (χ4v) is 7.25. The molecule has 0 spiro atoms. The minimum Gasteiger partial charge on any atom is -0.349 e. The quantitative estimate of drug-likeness (QED) is 0.492. The molecule has 0 aromatic heterocycles. The summed E-state index contributed by atoms with van der Waals surface area (Å²) in [5.41, 5.74) is 1.19. The van der Waals surface area contributed by atoms with Gasteiger partial charge in [-0.05, 0) is 49.9 Å². The lowest BCUT2D eigenvalue weighted by Crippen LogP contribution is -2.44. The molecule has 2 N–H and O–H groups in total. The fourth-order valence-electron chi connectivity index (χ4n) is 4.89. The Labute approximate surface area is 222 Å². The van der Waals surface area contributed by atoms with Crippen LogP contribution in [0.5, 0.6) is 0 Å². The summed E-state index contributed by atoms with van der Waals surface area (Å²) in [6.45, 7) is 0.390. The molecule has 1 aliphatic carbocycles. The predicted octanol–water partition coefficient (Wildman–Crippen LogP) is 5.24. The van der Waals surface area contributed by atoms with E-state index < -0.39 is 15.9 Å². The van der Waals surface area contributed by atoms with Crippen LogP contribution in [0.15, 0.2) is 42.5 Å². The van der Waals surface area contributed by atoms with Gasteiger partial charge >= 0.3 is 0 Å². The number of benzene rings is 2. The topological polar surface area (TPSA) is 95.6 Å². The zero-order valence-electron chi connectivity index (χ0n) is 20.0. The fraction of sp³-hybridized carbons (Fsp3) is 0.462. The Bertz CT molecular complexity index is 1200. The number of para-hydroxylation sites is 1. The second kappa shape index (κ2) is 11.9. The predicted molar refractivity (Wildman–Crippen MR) is 143 cm³/mol. The molecular formula is C26H31Cl2N3O4S. The third kappa shape index (κ3) is 6.59. The molecule has 1 saturated carbocycles. The Morgan fingerprint density at radius 2 is 1.61 bits per heavy atom. The van der Waals surface area contributed by atoms with E-state index in [1.807, 2.05) is 0 Å². The Kier molecular flexibility index (Phi) is 8.93. The molecule has 10 heteroatoms. The van der Waals surface area contributed by atoms with Crippen LogP contribution in [-0.4, -0.2) is 43.7 Å². The van der Waals surface area contributed by atoms with Gasteiger partial charge in [0.05, 0.1) is 22.9 Å². The number of hydrogen-bond donors (Lipinski definition) is 2. The van der Waals surface area contributed by atoms with E-state index in [1.165, 1.54) is 10.7 Å². The number of rotatable bonds is 7. The van der Waals surface area contributed by atoms with E-state index in [0.29, 0.717) is 46.2 Å². The molecule has 2 fully saturated rings. The molecule has 0 radical (unpaired) electrons. The second-order valence-corrected chi connectivity index (χ2v) is 12.3. The molecular weight excluding hydrogens is 521 g/mol. The average molecular weight is 553 g/mol. The molecule has 0 bridgehead atoms. The highest BCUT2D eigenvalue weighted by atomic mass is 35.5. The van der Waals surface area contributed by atoms with Gasteiger partial charge in [0.25, 0.3) is 5.91 Å². The molecule has 7 nitrogen and oxygen atoms in total. The van der Waals surface area contributed by atoms with Crippen molar-refractivity contribution in [1.82, 2.24) is 9.62 Å². The molecule has 1 heterocycles. The van der Waals surface area contributed by atoms with E-state index in [2.05, 4.69) is 10.6 Å². The maximum Gasteiger partial charge on any atom is 0.253 e. The second-order valence-electron chi connectivity index (χ2n) is 9.50. The summed E-state index contributed by atoms with van der Waals surface area (Å²) in [5, 5.41) is 6.55. The van der Waals surface area contributed by atoms with Crippen LogP contribution in [0, 0.1) is 5.92 Å². The standard InChI is InChI=1S/C26H31Cl2N3O4S/c27-22-12-6-13-23(28)21(22)17-36(34,35)31-15-7-8-18(16-31)25(32)30-24-14-5-4-11-20(24)26(33)29-19-9-2-1-3-10-19/h4-6,11-14,18-19H,1-3,7-10,15-17H2,(H,29,33)(H,30,32)/t18-/m0/s1. The number of carbonyl (C=O) groups excluding carboxylic acids is 2. The summed E-state index contributed by atoms with van der Waals surface area (Å²) in [4.78, 5) is 26.1. The van der Waals surface area contributed by atoms with Gasteiger partial charge in [0, 0.05) is 34.7 Å². The van der Waals surface area contributed by atoms with Crippen molar-refractivity contribution in [2.24, 2.45) is 5.92 Å². The molecule has 4 rings (SSSR count). The SMILES string of the molecule is O=C(NC1CCCCC1)c1ccccc1NC(=O)[C@H]1CCCN(S(=O)(=O)Cc2c(Cl)cccc2Cl)C1. The molecule has 36 heavy (non-hydrogen) atoms. The van der Waals surface area contributed by atoms with Crippen LogP contribution in [0.3, 0.4) is 0 Å². The van der Waals surface area contributed by atoms with E-state index >= 15 is 0 Å². The first-order valence-electron chi connectivity index (χ1n) is 12.4. The molecule has 2 amide bonds. The third-order valence-electron chi connectivity index (χ3n) is 6.91. The van der Waals surface area contributed by atoms with Crippen LogP contribution in [0.1, 0.15) is 60.9 Å². The van der Waals surface area contributed by atoms with Crippen molar-refractivity contribution in [3.05, 3.63) is 63.6 Å². The van der Waals surface area contributed by atoms with Crippen molar-refractivity contribution in [3.8, 4) is 0 Å². The largest absolute Gasteiger partial charge is 0.349 e. The van der Waals surface area contributed by atoms with Gasteiger partial charge in [0.2, 0.25) is 15.9 Å². The number of piperidine rings is 1. The van der Waals surface area contributed by atoms with Gasteiger partial charge in [-0.2, -0.15) is 0 Å². The summed E-state index contributed by atoms with van der Waals surface area (Å²) in [5.74, 6) is -1.38. The number of sulfonamides is 1. The molecule has 2 aromatic carbocycles. The van der Waals surface area contributed by atoms with Crippen LogP contribution >= 0.6 is 23.2 Å². The molecule has 194 valence electrons. The lowest BCUT2D eigenvalue weighted by Gasteiger charge is -2.31. The number of anilines is 1. The maximum absolute atomic E-state index is 13.2. The number of hydrogen-bond acceptors (Lipinski definition) is 4. The number of halogens is 2. The lowest BCUT2D eigenvalue weighted by atomic mass is 9.95. The van der Waals surface area contributed by atoms with Crippen molar-refractivity contribution in [1.29, 1.82) is 0 Å². The molecule has 1 atom stereocenters. The minimum atomic E-state index is -3.74. The molecule has 2 aliphatic rings. The smallest absolute Gasteiger partial charge is 0.253 e. The summed E-state index contributed by atoms with van der Waals surface area (Å²) in [6.07, 6.45) is 6.44. The van der Waals surface area contributed by atoms with Gasteiger partial charge in [-0.25, -0.2) is 12.7 Å². The highest BCUT2D eigenvalue weighted by molar-refractivity contribution is 7.88. The van der Waals surface area contributed by atoms with Crippen LogP contribution in [0.4, 0.5) is 5.69 Å². The van der Waals surface area contributed by atoms with E-state index in [4.69, 9.17) is 23.2 Å². The van der Waals surface area contributed by atoms with Gasteiger partial charge in [0.15, 0.2) is 0 Å². The Morgan fingerprint density at radius 1 is 0.917 bits per heavy atom. The van der Waals surface area contributed by atoms with Crippen molar-refractivity contribution < 1.29 is 18.0 Å². The first-order valence-corrected chi connectivity index (χ1v) is 14.7. The van der Waals surface area contributed by atoms with Gasteiger partial charge < -0.3 is 10.6 Å². The number of nitrogens with one attached hydrogen (secondary N) is 2. The zero-order chi connectivity index (χ0) is 25.7.